The third-order valence-corrected chi connectivity index (χ3v) is 5.36. The van der Waals surface area contributed by atoms with Crippen LogP contribution in [0.4, 0.5) is 17.6 Å². The second-order valence-corrected chi connectivity index (χ2v) is 7.46. The molecule has 1 aliphatic rings. The Kier molecular flexibility index (Phi) is 5.72. The van der Waals surface area contributed by atoms with Crippen LogP contribution in [0.2, 0.25) is 0 Å². The topological polar surface area (TPSA) is 63.9 Å². The number of alkyl halides is 3. The van der Waals surface area contributed by atoms with Crippen LogP contribution in [0.5, 0.6) is 0 Å². The summed E-state index contributed by atoms with van der Waals surface area (Å²) in [5.74, 6) is -1.17. The number of benzene rings is 1. The van der Waals surface area contributed by atoms with Crippen molar-refractivity contribution in [2.75, 3.05) is 26.3 Å². The van der Waals surface area contributed by atoms with Crippen LogP contribution in [0, 0.1) is 12.7 Å². The summed E-state index contributed by atoms with van der Waals surface area (Å²) in [7, 11) is 0. The van der Waals surface area contributed by atoms with Crippen LogP contribution in [-0.4, -0.2) is 46.5 Å². The molecule has 1 amide bonds. The molecular weight excluding hydrogens is 430 g/mol. The smallest absolute Gasteiger partial charge is 0.380 e. The second-order valence-electron chi connectivity index (χ2n) is 7.46. The standard InChI is InChI=1S/C22H19F4N3O3/c1-13-18(22(24,25)26)27-19-16(4-2-8-29(19)20(13)30)15-6-5-14(12-17(15)23)21(31)28-7-3-10-32-11-9-28/h2,4-6,8,12H,3,7,9-11H2,1H3. The number of carbonyl (C=O) groups is 1. The van der Waals surface area contributed by atoms with Crippen LogP contribution in [0.25, 0.3) is 16.8 Å². The van der Waals surface area contributed by atoms with Crippen molar-refractivity contribution in [2.24, 2.45) is 0 Å². The van der Waals surface area contributed by atoms with Gasteiger partial charge in [0.25, 0.3) is 11.5 Å². The molecule has 168 valence electrons. The summed E-state index contributed by atoms with van der Waals surface area (Å²) < 4.78 is 61.5. The first-order valence-corrected chi connectivity index (χ1v) is 9.94. The van der Waals surface area contributed by atoms with Crippen molar-refractivity contribution in [1.29, 1.82) is 0 Å². The molecule has 4 rings (SSSR count). The Morgan fingerprint density at radius 2 is 1.91 bits per heavy atom. The minimum absolute atomic E-state index is 0.00905. The van der Waals surface area contributed by atoms with Gasteiger partial charge in [-0.05, 0) is 37.6 Å². The van der Waals surface area contributed by atoms with E-state index in [0.717, 1.165) is 17.4 Å². The number of carbonyl (C=O) groups excluding carboxylic acids is 1. The van der Waals surface area contributed by atoms with Crippen LogP contribution < -0.4 is 5.56 Å². The Morgan fingerprint density at radius 1 is 1.12 bits per heavy atom. The SMILES string of the molecule is Cc1c(C(F)(F)F)nc2c(-c3ccc(C(=O)N4CCCOCC4)cc3F)cccn2c1=O. The van der Waals surface area contributed by atoms with Gasteiger partial charge in [0.1, 0.15) is 11.5 Å². The number of aromatic nitrogens is 2. The van der Waals surface area contributed by atoms with Gasteiger partial charge < -0.3 is 9.64 Å². The van der Waals surface area contributed by atoms with Gasteiger partial charge in [-0.1, -0.05) is 6.07 Å². The first-order chi connectivity index (χ1) is 15.2. The van der Waals surface area contributed by atoms with Gasteiger partial charge in [-0.15, -0.1) is 0 Å². The maximum Gasteiger partial charge on any atom is 0.433 e. The largest absolute Gasteiger partial charge is 0.433 e. The van der Waals surface area contributed by atoms with Crippen molar-refractivity contribution in [3.63, 3.8) is 0 Å². The Hall–Kier alpha value is -3.27. The number of pyridine rings is 1. The van der Waals surface area contributed by atoms with Crippen LogP contribution in [0.1, 0.15) is 28.0 Å². The number of hydrogen-bond acceptors (Lipinski definition) is 4. The molecule has 10 heteroatoms. The van der Waals surface area contributed by atoms with Crippen molar-refractivity contribution >= 4 is 11.6 Å². The number of rotatable bonds is 2. The van der Waals surface area contributed by atoms with E-state index < -0.39 is 28.8 Å². The van der Waals surface area contributed by atoms with Gasteiger partial charge in [0.15, 0.2) is 5.69 Å². The molecule has 0 unspecified atom stereocenters. The summed E-state index contributed by atoms with van der Waals surface area (Å²) in [6.07, 6.45) is -2.89. The van der Waals surface area contributed by atoms with Gasteiger partial charge in [0.2, 0.25) is 0 Å². The molecular formula is C22H19F4N3O3. The Labute approximate surface area is 180 Å². The zero-order valence-electron chi connectivity index (χ0n) is 17.1. The molecule has 2 aromatic heterocycles. The second kappa shape index (κ2) is 8.34. The lowest BCUT2D eigenvalue weighted by atomic mass is 10.0. The van der Waals surface area contributed by atoms with Crippen molar-refractivity contribution in [3.8, 4) is 11.1 Å². The highest BCUT2D eigenvalue weighted by Crippen LogP contribution is 2.32. The zero-order valence-corrected chi connectivity index (χ0v) is 17.1. The number of fused-ring (bicyclic) bond motifs is 1. The minimum atomic E-state index is -4.84. The minimum Gasteiger partial charge on any atom is -0.380 e. The van der Waals surface area contributed by atoms with E-state index in [4.69, 9.17) is 4.74 Å². The predicted molar refractivity (Wildman–Crippen MR) is 108 cm³/mol. The maximum absolute atomic E-state index is 15.1. The van der Waals surface area contributed by atoms with E-state index in [-0.39, 0.29) is 28.2 Å². The number of nitrogens with zero attached hydrogens (tertiary/aromatic N) is 3. The zero-order chi connectivity index (χ0) is 23.0. The maximum atomic E-state index is 15.1. The molecule has 3 heterocycles. The van der Waals surface area contributed by atoms with E-state index in [0.29, 0.717) is 32.7 Å². The van der Waals surface area contributed by atoms with Gasteiger partial charge >= 0.3 is 6.18 Å². The van der Waals surface area contributed by atoms with Gasteiger partial charge in [-0.25, -0.2) is 9.37 Å². The molecule has 32 heavy (non-hydrogen) atoms. The Morgan fingerprint density at radius 3 is 2.62 bits per heavy atom. The lowest BCUT2D eigenvalue weighted by Gasteiger charge is -2.20. The summed E-state index contributed by atoms with van der Waals surface area (Å²) in [6.45, 7) is 2.86. The van der Waals surface area contributed by atoms with Crippen molar-refractivity contribution in [1.82, 2.24) is 14.3 Å². The molecule has 0 atom stereocenters. The fourth-order valence-electron chi connectivity index (χ4n) is 3.73. The molecule has 0 radical (unpaired) electrons. The van der Waals surface area contributed by atoms with Crippen LogP contribution in [-0.2, 0) is 10.9 Å². The number of halogens is 4. The third-order valence-electron chi connectivity index (χ3n) is 5.36. The number of ether oxygens (including phenoxy) is 1. The van der Waals surface area contributed by atoms with Gasteiger partial charge in [-0.2, -0.15) is 13.2 Å². The molecule has 1 saturated heterocycles. The van der Waals surface area contributed by atoms with Gasteiger partial charge in [0, 0.05) is 48.1 Å². The molecule has 1 aliphatic heterocycles. The molecule has 0 saturated carbocycles. The van der Waals surface area contributed by atoms with Crippen LogP contribution >= 0.6 is 0 Å². The Bertz CT molecular complexity index is 1250. The average molecular weight is 449 g/mol. The summed E-state index contributed by atoms with van der Waals surface area (Å²) in [5.41, 5.74) is -3.01. The first kappa shape index (κ1) is 21.9. The van der Waals surface area contributed by atoms with Crippen molar-refractivity contribution in [2.45, 2.75) is 19.5 Å². The quantitative estimate of drug-likeness (QED) is 0.560. The average Bonchev–Trinajstić information content (AvgIpc) is 3.04. The highest BCUT2D eigenvalue weighted by atomic mass is 19.4. The van der Waals surface area contributed by atoms with Crippen LogP contribution in [0.15, 0.2) is 41.3 Å². The molecule has 6 nitrogen and oxygen atoms in total. The molecule has 1 fully saturated rings. The lowest BCUT2D eigenvalue weighted by molar-refractivity contribution is -0.141. The summed E-state index contributed by atoms with van der Waals surface area (Å²) in [6, 6.07) is 6.57. The molecule has 1 aromatic carbocycles. The molecule has 3 aromatic rings. The molecule has 0 bridgehead atoms. The molecule has 0 spiro atoms. The molecule has 0 aliphatic carbocycles. The third kappa shape index (κ3) is 3.97. The van der Waals surface area contributed by atoms with E-state index in [1.807, 2.05) is 0 Å². The summed E-state index contributed by atoms with van der Waals surface area (Å²) >= 11 is 0. The predicted octanol–water partition coefficient (Wildman–Crippen LogP) is 3.69. The van der Waals surface area contributed by atoms with Crippen molar-refractivity contribution in [3.05, 3.63) is 69.5 Å². The lowest BCUT2D eigenvalue weighted by Crippen LogP contribution is -2.33. The van der Waals surface area contributed by atoms with E-state index in [9.17, 15) is 22.8 Å². The van der Waals surface area contributed by atoms with E-state index in [1.165, 1.54) is 30.5 Å². The summed E-state index contributed by atoms with van der Waals surface area (Å²) in [4.78, 5) is 30.4. The number of hydrogen-bond donors (Lipinski definition) is 0. The normalized spacial score (nSPS) is 15.1. The first-order valence-electron chi connectivity index (χ1n) is 9.94. The fourth-order valence-corrected chi connectivity index (χ4v) is 3.73. The number of amides is 1. The monoisotopic (exact) mass is 449 g/mol. The fraction of sp³-hybridized carbons (Fsp3) is 0.318. The van der Waals surface area contributed by atoms with Crippen molar-refractivity contribution < 1.29 is 27.1 Å². The van der Waals surface area contributed by atoms with Gasteiger partial charge in [-0.3, -0.25) is 14.0 Å². The highest BCUT2D eigenvalue weighted by molar-refractivity contribution is 5.95. The van der Waals surface area contributed by atoms with E-state index >= 15 is 4.39 Å². The summed E-state index contributed by atoms with van der Waals surface area (Å²) in [5, 5.41) is 0. The highest BCUT2D eigenvalue weighted by Gasteiger charge is 2.36. The van der Waals surface area contributed by atoms with Crippen LogP contribution in [0.3, 0.4) is 0 Å². The van der Waals surface area contributed by atoms with E-state index in [2.05, 4.69) is 4.98 Å². The Balaban J connectivity index is 1.80. The van der Waals surface area contributed by atoms with Gasteiger partial charge in [0.05, 0.1) is 6.61 Å². The molecule has 0 N–H and O–H groups in total. The van der Waals surface area contributed by atoms with E-state index in [1.54, 1.807) is 4.90 Å².